The van der Waals surface area contributed by atoms with Gasteiger partial charge in [0.15, 0.2) is 17.3 Å². The Morgan fingerprint density at radius 2 is 1.80 bits per heavy atom. The summed E-state index contributed by atoms with van der Waals surface area (Å²) in [5, 5.41) is 4.88. The number of aromatic nitrogens is 4. The number of hydrogen-bond acceptors (Lipinski definition) is 6. The molecule has 4 aromatic rings. The van der Waals surface area contributed by atoms with Crippen LogP contribution in [0.3, 0.4) is 0 Å². The van der Waals surface area contributed by atoms with Crippen LogP contribution in [0, 0.1) is 35.0 Å². The van der Waals surface area contributed by atoms with Gasteiger partial charge >= 0.3 is 0 Å². The normalized spacial score (nSPS) is 15.7. The van der Waals surface area contributed by atoms with Crippen LogP contribution in [0.4, 0.5) is 27.8 Å². The number of anilines is 1. The number of amides is 1. The van der Waals surface area contributed by atoms with Crippen LogP contribution in [0.2, 0.25) is 0 Å². The first-order valence-corrected chi connectivity index (χ1v) is 12.4. The van der Waals surface area contributed by atoms with Gasteiger partial charge in [-0.2, -0.15) is 13.9 Å². The van der Waals surface area contributed by atoms with Crippen LogP contribution in [0.1, 0.15) is 19.3 Å². The standard InChI is InChI=1S/C27H23F5N6O2/c1-2-20(39)37-8-3-4-14(7-9-37)12-38-27-21(26(33)34-13-35-27)24(36-38)16-6-5-15(10-17(16)28)40-25-22(31)18(29)11-19(30)23(25)32/h2,5-6,10-11,13-14H,1,3-4,7-9,12H2,(H2,33,34,35). The largest absolute Gasteiger partial charge is 0.451 e. The van der Waals surface area contributed by atoms with E-state index in [4.69, 9.17) is 10.5 Å². The number of carbonyl (C=O) groups excluding carboxylic acids is 1. The maximum atomic E-state index is 15.3. The fraction of sp³-hybridized carbons (Fsp3) is 0.259. The highest BCUT2D eigenvalue weighted by Gasteiger charge is 2.25. The van der Waals surface area contributed by atoms with Crippen molar-refractivity contribution in [3.63, 3.8) is 0 Å². The molecule has 2 aromatic heterocycles. The lowest BCUT2D eigenvalue weighted by Gasteiger charge is -2.18. The van der Waals surface area contributed by atoms with E-state index in [-0.39, 0.29) is 35.0 Å². The van der Waals surface area contributed by atoms with Gasteiger partial charge in [0.05, 0.1) is 5.39 Å². The van der Waals surface area contributed by atoms with Crippen molar-refractivity contribution < 1.29 is 31.5 Å². The van der Waals surface area contributed by atoms with Crippen molar-refractivity contribution >= 4 is 22.8 Å². The molecule has 0 bridgehead atoms. The number of nitrogens with zero attached hydrogens (tertiary/aromatic N) is 5. The second-order valence-corrected chi connectivity index (χ2v) is 9.36. The Morgan fingerprint density at radius 1 is 1.05 bits per heavy atom. The lowest BCUT2D eigenvalue weighted by atomic mass is 10.0. The number of carbonyl (C=O) groups is 1. The SMILES string of the molecule is C=CC(=O)N1CCCC(Cn2nc(-c3ccc(Oc4c(F)c(F)cc(F)c4F)cc3F)c3c(N)ncnc32)CC1. The van der Waals surface area contributed by atoms with Gasteiger partial charge in [-0.25, -0.2) is 27.8 Å². The minimum atomic E-state index is -1.76. The molecule has 5 rings (SSSR count). The average Bonchev–Trinajstić information content (AvgIpc) is 3.13. The van der Waals surface area contributed by atoms with Crippen LogP contribution in [0.25, 0.3) is 22.3 Å². The predicted molar refractivity (Wildman–Crippen MR) is 136 cm³/mol. The third-order valence-electron chi connectivity index (χ3n) is 6.81. The van der Waals surface area contributed by atoms with E-state index in [0.717, 1.165) is 18.9 Å². The van der Waals surface area contributed by atoms with Crippen molar-refractivity contribution in [2.45, 2.75) is 25.8 Å². The minimum absolute atomic E-state index is 0.0346. The summed E-state index contributed by atoms with van der Waals surface area (Å²) in [6, 6.07) is 3.25. The lowest BCUT2D eigenvalue weighted by molar-refractivity contribution is -0.126. The Labute approximate surface area is 224 Å². The van der Waals surface area contributed by atoms with E-state index in [1.807, 2.05) is 0 Å². The van der Waals surface area contributed by atoms with Crippen molar-refractivity contribution in [3.8, 4) is 22.8 Å². The quantitative estimate of drug-likeness (QED) is 0.194. The predicted octanol–water partition coefficient (Wildman–Crippen LogP) is 5.38. The lowest BCUT2D eigenvalue weighted by Crippen LogP contribution is -2.30. The molecule has 40 heavy (non-hydrogen) atoms. The topological polar surface area (TPSA) is 99.2 Å². The van der Waals surface area contributed by atoms with Crippen LogP contribution in [0.15, 0.2) is 43.2 Å². The smallest absolute Gasteiger partial charge is 0.245 e. The van der Waals surface area contributed by atoms with Crippen molar-refractivity contribution in [2.24, 2.45) is 5.92 Å². The fourth-order valence-electron chi connectivity index (χ4n) is 4.80. The fourth-order valence-corrected chi connectivity index (χ4v) is 4.80. The number of ether oxygens (including phenoxy) is 1. The minimum Gasteiger partial charge on any atom is -0.451 e. The number of benzene rings is 2. The van der Waals surface area contributed by atoms with Gasteiger partial charge in [0.1, 0.15) is 29.4 Å². The maximum Gasteiger partial charge on any atom is 0.245 e. The average molecular weight is 559 g/mol. The number of likely N-dealkylation sites (tertiary alicyclic amines) is 1. The van der Waals surface area contributed by atoms with Gasteiger partial charge in [0.25, 0.3) is 0 Å². The molecule has 2 aromatic carbocycles. The van der Waals surface area contributed by atoms with Gasteiger partial charge in [0, 0.05) is 37.3 Å². The van der Waals surface area contributed by atoms with Crippen LogP contribution in [-0.2, 0) is 11.3 Å². The molecule has 1 aliphatic heterocycles. The molecular weight excluding hydrogens is 535 g/mol. The molecule has 1 atom stereocenters. The van der Waals surface area contributed by atoms with Gasteiger partial charge in [0.2, 0.25) is 23.3 Å². The van der Waals surface area contributed by atoms with E-state index in [1.54, 1.807) is 9.58 Å². The summed E-state index contributed by atoms with van der Waals surface area (Å²) < 4.78 is 77.1. The number of fused-ring (bicyclic) bond motifs is 1. The van der Waals surface area contributed by atoms with Crippen molar-refractivity contribution in [2.75, 3.05) is 18.8 Å². The summed E-state index contributed by atoms with van der Waals surface area (Å²) >= 11 is 0. The molecule has 1 fully saturated rings. The van der Waals surface area contributed by atoms with Gasteiger partial charge in [-0.05, 0) is 43.4 Å². The van der Waals surface area contributed by atoms with Gasteiger partial charge in [-0.15, -0.1) is 0 Å². The molecule has 13 heteroatoms. The molecule has 0 saturated carbocycles. The molecule has 1 saturated heterocycles. The van der Waals surface area contributed by atoms with E-state index >= 15 is 4.39 Å². The highest BCUT2D eigenvalue weighted by Crippen LogP contribution is 2.36. The van der Waals surface area contributed by atoms with Gasteiger partial charge in [-0.3, -0.25) is 4.79 Å². The highest BCUT2D eigenvalue weighted by molar-refractivity contribution is 5.98. The van der Waals surface area contributed by atoms with Crippen molar-refractivity contribution in [1.82, 2.24) is 24.6 Å². The summed E-state index contributed by atoms with van der Waals surface area (Å²) in [5.41, 5.74) is 6.59. The summed E-state index contributed by atoms with van der Waals surface area (Å²) in [7, 11) is 0. The molecule has 3 heterocycles. The van der Waals surface area contributed by atoms with Crippen LogP contribution in [0.5, 0.6) is 11.5 Å². The molecule has 1 amide bonds. The Balaban J connectivity index is 1.46. The summed E-state index contributed by atoms with van der Waals surface area (Å²) in [4.78, 5) is 22.1. The summed E-state index contributed by atoms with van der Waals surface area (Å²) in [6.45, 7) is 5.15. The van der Waals surface area contributed by atoms with E-state index in [0.29, 0.717) is 37.1 Å². The van der Waals surface area contributed by atoms with Crippen LogP contribution >= 0.6 is 0 Å². The van der Waals surface area contributed by atoms with Crippen molar-refractivity contribution in [3.05, 3.63) is 72.3 Å². The molecule has 2 N–H and O–H groups in total. The summed E-state index contributed by atoms with van der Waals surface area (Å²) in [6.07, 6.45) is 4.89. The first kappa shape index (κ1) is 27.0. The second-order valence-electron chi connectivity index (χ2n) is 9.36. The molecule has 8 nitrogen and oxygen atoms in total. The zero-order chi connectivity index (χ0) is 28.6. The Kier molecular flexibility index (Phi) is 7.37. The molecular formula is C27H23F5N6O2. The number of nitrogen functional groups attached to an aromatic ring is 1. The van der Waals surface area contributed by atoms with Crippen molar-refractivity contribution in [1.29, 1.82) is 0 Å². The zero-order valence-corrected chi connectivity index (χ0v) is 21.0. The molecule has 208 valence electrons. The first-order chi connectivity index (χ1) is 19.2. The third-order valence-corrected chi connectivity index (χ3v) is 6.81. The van der Waals surface area contributed by atoms with E-state index < -0.39 is 40.6 Å². The number of rotatable bonds is 6. The number of hydrogen-bond donors (Lipinski definition) is 1. The Hall–Kier alpha value is -4.55. The van der Waals surface area contributed by atoms with E-state index in [2.05, 4.69) is 21.6 Å². The summed E-state index contributed by atoms with van der Waals surface area (Å²) in [5.74, 6) is -9.40. The van der Waals surface area contributed by atoms with Crippen LogP contribution < -0.4 is 10.5 Å². The van der Waals surface area contributed by atoms with Gasteiger partial charge < -0.3 is 15.4 Å². The monoisotopic (exact) mass is 558 g/mol. The van der Waals surface area contributed by atoms with Crippen LogP contribution in [-0.4, -0.2) is 43.6 Å². The Bertz CT molecular complexity index is 1600. The number of nitrogens with two attached hydrogens (primary N) is 1. The zero-order valence-electron chi connectivity index (χ0n) is 21.0. The molecule has 0 aliphatic carbocycles. The third kappa shape index (κ3) is 5.06. The highest BCUT2D eigenvalue weighted by atomic mass is 19.2. The maximum absolute atomic E-state index is 15.3. The number of halogens is 5. The first-order valence-electron chi connectivity index (χ1n) is 12.4. The Morgan fingerprint density at radius 3 is 2.50 bits per heavy atom. The van der Waals surface area contributed by atoms with E-state index in [9.17, 15) is 22.4 Å². The second kappa shape index (κ2) is 10.9. The molecule has 0 spiro atoms. The molecule has 0 radical (unpaired) electrons. The van der Waals surface area contributed by atoms with Gasteiger partial charge in [-0.1, -0.05) is 6.58 Å². The van der Waals surface area contributed by atoms with E-state index in [1.165, 1.54) is 24.5 Å². The molecule has 1 unspecified atom stereocenters. The molecule has 1 aliphatic rings.